The number of fused-ring (bicyclic) bond motifs is 1. The van der Waals surface area contributed by atoms with Gasteiger partial charge in [-0.3, -0.25) is 4.84 Å². The van der Waals surface area contributed by atoms with E-state index in [4.69, 9.17) is 9.57 Å². The smallest absolute Gasteiger partial charge is 0.435 e. The molecule has 0 atom stereocenters. The first-order chi connectivity index (χ1) is 13.5. The molecule has 4 heteroatoms. The molecule has 0 aromatic heterocycles. The largest absolute Gasteiger partial charge is 0.443 e. The van der Waals surface area contributed by atoms with E-state index in [2.05, 4.69) is 24.3 Å². The van der Waals surface area contributed by atoms with Crippen molar-refractivity contribution >= 4 is 6.09 Å². The second-order valence-electron chi connectivity index (χ2n) is 7.62. The van der Waals surface area contributed by atoms with E-state index in [0.29, 0.717) is 0 Å². The van der Waals surface area contributed by atoms with E-state index in [9.17, 15) is 4.79 Å². The predicted molar refractivity (Wildman–Crippen MR) is 105 cm³/mol. The Hall–Kier alpha value is -3.11. The van der Waals surface area contributed by atoms with Crippen molar-refractivity contribution in [2.45, 2.75) is 31.6 Å². The first kappa shape index (κ1) is 17.0. The molecule has 3 aromatic rings. The van der Waals surface area contributed by atoms with Gasteiger partial charge in [-0.2, -0.15) is 5.06 Å². The number of hydrogen-bond donors (Lipinski definition) is 0. The average Bonchev–Trinajstić information content (AvgIpc) is 2.75. The molecule has 0 unspecified atom stereocenters. The number of hydrogen-bond acceptors (Lipinski definition) is 3. The monoisotopic (exact) mass is 371 g/mol. The van der Waals surface area contributed by atoms with Crippen molar-refractivity contribution in [1.82, 2.24) is 5.06 Å². The summed E-state index contributed by atoms with van der Waals surface area (Å²) in [5.41, 5.74) is 3.76. The average molecular weight is 371 g/mol. The van der Waals surface area contributed by atoms with Crippen molar-refractivity contribution in [1.29, 1.82) is 0 Å². The van der Waals surface area contributed by atoms with Crippen LogP contribution in [0.15, 0.2) is 78.9 Å². The fraction of sp³-hybridized carbons (Fsp3) is 0.208. The molecule has 0 spiro atoms. The first-order valence-electron chi connectivity index (χ1n) is 9.45. The first-order valence-corrected chi connectivity index (χ1v) is 9.45. The molecule has 0 N–H and O–H groups in total. The van der Waals surface area contributed by atoms with Gasteiger partial charge in [0.1, 0.15) is 17.7 Å². The molecule has 4 nitrogen and oxygen atoms in total. The van der Waals surface area contributed by atoms with Gasteiger partial charge in [0.05, 0.1) is 0 Å². The van der Waals surface area contributed by atoms with E-state index in [1.54, 1.807) is 0 Å². The summed E-state index contributed by atoms with van der Waals surface area (Å²) in [5, 5.41) is 1.42. The van der Waals surface area contributed by atoms with Crippen LogP contribution < -0.4 is 0 Å². The van der Waals surface area contributed by atoms with Crippen LogP contribution in [0.2, 0.25) is 0 Å². The summed E-state index contributed by atoms with van der Waals surface area (Å²) in [4.78, 5) is 19.4. The lowest BCUT2D eigenvalue weighted by Gasteiger charge is -2.56. The highest BCUT2D eigenvalue weighted by atomic mass is 16.7. The standard InChI is InChI=1S/C24H21NO3/c1-23-18-12-6-8-14-20(18)24(2,21-15-9-7-13-19(21)23)28-25(23)22(26)27-16-17-10-4-3-5-11-17/h3-15H,16H2,1-2H3. The Morgan fingerprint density at radius 1 is 0.821 bits per heavy atom. The van der Waals surface area contributed by atoms with Crippen LogP contribution >= 0.6 is 0 Å². The number of rotatable bonds is 2. The molecule has 6 rings (SSSR count). The van der Waals surface area contributed by atoms with Crippen LogP contribution in [0.5, 0.6) is 0 Å². The summed E-state index contributed by atoms with van der Waals surface area (Å²) >= 11 is 0. The van der Waals surface area contributed by atoms with Gasteiger partial charge in [-0.25, -0.2) is 4.79 Å². The van der Waals surface area contributed by atoms with E-state index in [-0.39, 0.29) is 6.61 Å². The minimum absolute atomic E-state index is 0.204. The van der Waals surface area contributed by atoms with Gasteiger partial charge >= 0.3 is 6.09 Å². The molecule has 0 saturated heterocycles. The maximum atomic E-state index is 13.1. The summed E-state index contributed by atoms with van der Waals surface area (Å²) < 4.78 is 5.62. The molecular weight excluding hydrogens is 350 g/mol. The molecule has 28 heavy (non-hydrogen) atoms. The third kappa shape index (κ3) is 2.18. The molecule has 1 amide bonds. The topological polar surface area (TPSA) is 38.8 Å². The lowest BCUT2D eigenvalue weighted by molar-refractivity contribution is -0.272. The molecule has 1 aliphatic carbocycles. The summed E-state index contributed by atoms with van der Waals surface area (Å²) in [6.07, 6.45) is -0.485. The molecule has 140 valence electrons. The Morgan fingerprint density at radius 3 is 1.89 bits per heavy atom. The highest BCUT2D eigenvalue weighted by Gasteiger charge is 2.59. The summed E-state index contributed by atoms with van der Waals surface area (Å²) in [6, 6.07) is 26.0. The number of nitrogens with zero attached hydrogens (tertiary/aromatic N) is 1. The van der Waals surface area contributed by atoms with Gasteiger partial charge in [-0.15, -0.1) is 0 Å². The predicted octanol–water partition coefficient (Wildman–Crippen LogP) is 5.11. The van der Waals surface area contributed by atoms with Gasteiger partial charge in [-0.05, 0) is 41.7 Å². The Bertz CT molecular complexity index is 1010. The fourth-order valence-electron chi connectivity index (χ4n) is 4.53. The van der Waals surface area contributed by atoms with Crippen LogP contribution in [-0.4, -0.2) is 11.2 Å². The van der Waals surface area contributed by atoms with Crippen LogP contribution in [0.4, 0.5) is 4.79 Å². The van der Waals surface area contributed by atoms with E-state index in [0.717, 1.165) is 27.8 Å². The zero-order valence-corrected chi connectivity index (χ0v) is 15.9. The van der Waals surface area contributed by atoms with Crippen LogP contribution in [-0.2, 0) is 27.3 Å². The fourth-order valence-corrected chi connectivity index (χ4v) is 4.53. The Labute approximate surface area is 164 Å². The molecule has 2 heterocycles. The minimum atomic E-state index is -0.751. The Morgan fingerprint density at radius 2 is 1.32 bits per heavy atom. The van der Waals surface area contributed by atoms with Gasteiger partial charge in [0, 0.05) is 0 Å². The Kier molecular flexibility index (Phi) is 3.61. The molecule has 3 aromatic carbocycles. The second kappa shape index (κ2) is 5.94. The number of amides is 1. The Balaban J connectivity index is 1.58. The van der Waals surface area contributed by atoms with Gasteiger partial charge in [-0.1, -0.05) is 78.9 Å². The van der Waals surface area contributed by atoms with Crippen molar-refractivity contribution in [2.75, 3.05) is 0 Å². The number of ether oxygens (including phenoxy) is 1. The van der Waals surface area contributed by atoms with Crippen LogP contribution in [0.3, 0.4) is 0 Å². The third-order valence-electron chi connectivity index (χ3n) is 5.98. The van der Waals surface area contributed by atoms with E-state index in [1.165, 1.54) is 5.06 Å². The quantitative estimate of drug-likeness (QED) is 0.628. The lowest BCUT2D eigenvalue weighted by atomic mass is 9.65. The molecule has 0 fully saturated rings. The summed E-state index contributed by atoms with van der Waals surface area (Å²) in [7, 11) is 0. The molecule has 0 saturated carbocycles. The molecule has 2 bridgehead atoms. The molecule has 0 radical (unpaired) electrons. The SMILES string of the molecule is CC12ON(C(=O)OCc3ccccc3)C(C)(c3ccccc31)c1ccccc12. The zero-order valence-electron chi connectivity index (χ0n) is 15.9. The zero-order chi connectivity index (χ0) is 19.4. The third-order valence-corrected chi connectivity index (χ3v) is 5.98. The molecule has 3 aliphatic rings. The normalized spacial score (nSPS) is 24.4. The summed E-state index contributed by atoms with van der Waals surface area (Å²) in [6.45, 7) is 4.24. The van der Waals surface area contributed by atoms with Crippen molar-refractivity contribution in [3.8, 4) is 0 Å². The maximum Gasteiger partial charge on any atom is 0.435 e. The minimum Gasteiger partial charge on any atom is -0.443 e. The van der Waals surface area contributed by atoms with Gasteiger partial charge in [0.25, 0.3) is 0 Å². The number of benzene rings is 3. The van der Waals surface area contributed by atoms with Crippen LogP contribution in [0.1, 0.15) is 41.7 Å². The highest BCUT2D eigenvalue weighted by molar-refractivity contribution is 5.72. The van der Waals surface area contributed by atoms with Crippen molar-refractivity contribution in [3.63, 3.8) is 0 Å². The summed E-state index contributed by atoms with van der Waals surface area (Å²) in [5.74, 6) is 0. The maximum absolute atomic E-state index is 13.1. The van der Waals surface area contributed by atoms with Crippen LogP contribution in [0, 0.1) is 0 Å². The van der Waals surface area contributed by atoms with E-state index >= 15 is 0 Å². The van der Waals surface area contributed by atoms with Gasteiger partial charge < -0.3 is 4.74 Å². The van der Waals surface area contributed by atoms with Crippen molar-refractivity contribution in [3.05, 3.63) is 107 Å². The number of hydroxylamine groups is 2. The van der Waals surface area contributed by atoms with Crippen LogP contribution in [0.25, 0.3) is 0 Å². The highest BCUT2D eigenvalue weighted by Crippen LogP contribution is 2.57. The lowest BCUT2D eigenvalue weighted by Crippen LogP contribution is -2.61. The van der Waals surface area contributed by atoms with Crippen molar-refractivity contribution in [2.24, 2.45) is 0 Å². The number of carbonyl (C=O) groups is 1. The van der Waals surface area contributed by atoms with E-state index < -0.39 is 17.2 Å². The molecular formula is C24H21NO3. The van der Waals surface area contributed by atoms with Gasteiger partial charge in [0.15, 0.2) is 0 Å². The second-order valence-corrected chi connectivity index (χ2v) is 7.62. The molecule has 2 aliphatic heterocycles. The van der Waals surface area contributed by atoms with Gasteiger partial charge in [0.2, 0.25) is 0 Å². The van der Waals surface area contributed by atoms with E-state index in [1.807, 2.05) is 68.4 Å². The van der Waals surface area contributed by atoms with Crippen molar-refractivity contribution < 1.29 is 14.4 Å². The number of carbonyl (C=O) groups excluding carboxylic acids is 1.